The van der Waals surface area contributed by atoms with E-state index in [2.05, 4.69) is 4.98 Å². The van der Waals surface area contributed by atoms with Gasteiger partial charge in [0.25, 0.3) is 0 Å². The number of ketones is 1. The van der Waals surface area contributed by atoms with Gasteiger partial charge in [-0.25, -0.2) is 0 Å². The molecule has 0 unspecified atom stereocenters. The molecule has 118 valence electrons. The number of benzene rings is 2. The van der Waals surface area contributed by atoms with E-state index in [0.29, 0.717) is 11.1 Å². The molecule has 5 heteroatoms. The predicted molar refractivity (Wildman–Crippen MR) is 82.3 cm³/mol. The smallest absolute Gasteiger partial charge is 0.361 e. The molecule has 0 spiro atoms. The number of fused-ring (bicyclic) bond motifs is 1. The fourth-order valence-electron chi connectivity index (χ4n) is 2.78. The molecule has 1 N–H and O–H groups in total. The van der Waals surface area contributed by atoms with Crippen molar-refractivity contribution in [2.75, 3.05) is 0 Å². The number of H-pyrrole nitrogens is 1. The summed E-state index contributed by atoms with van der Waals surface area (Å²) in [6.45, 7) is 0. The minimum absolute atomic E-state index is 0.602. The molecule has 3 rings (SSSR count). The molecule has 23 heavy (non-hydrogen) atoms. The first-order valence-corrected chi connectivity index (χ1v) is 7.18. The molecule has 0 fully saturated rings. The lowest BCUT2D eigenvalue weighted by Gasteiger charge is -2.17. The second-order valence-corrected chi connectivity index (χ2v) is 5.38. The van der Waals surface area contributed by atoms with E-state index in [-0.39, 0.29) is 0 Å². The van der Waals surface area contributed by atoms with Crippen LogP contribution in [0.25, 0.3) is 10.9 Å². The first kappa shape index (κ1) is 15.3. The van der Waals surface area contributed by atoms with Gasteiger partial charge >= 0.3 is 6.18 Å². The van der Waals surface area contributed by atoms with Crippen LogP contribution in [0.3, 0.4) is 0 Å². The van der Waals surface area contributed by atoms with Crippen molar-refractivity contribution in [3.63, 3.8) is 0 Å². The van der Waals surface area contributed by atoms with E-state index in [1.807, 2.05) is 24.3 Å². The third kappa shape index (κ3) is 3.13. The number of carbonyl (C=O) groups excluding carboxylic acids is 1. The third-order valence-electron chi connectivity index (χ3n) is 3.90. The summed E-state index contributed by atoms with van der Waals surface area (Å²) in [4.78, 5) is 14.6. The zero-order chi connectivity index (χ0) is 16.4. The fourth-order valence-corrected chi connectivity index (χ4v) is 2.78. The minimum atomic E-state index is -4.82. The zero-order valence-electron chi connectivity index (χ0n) is 12.1. The van der Waals surface area contributed by atoms with Crippen molar-refractivity contribution in [3.05, 3.63) is 71.9 Å². The third-order valence-corrected chi connectivity index (χ3v) is 3.90. The largest absolute Gasteiger partial charge is 0.450 e. The summed E-state index contributed by atoms with van der Waals surface area (Å²) in [7, 11) is 0. The number of aromatic amines is 1. The van der Waals surface area contributed by atoms with Crippen molar-refractivity contribution in [1.29, 1.82) is 0 Å². The first-order chi connectivity index (χ1) is 11.0. The van der Waals surface area contributed by atoms with E-state index in [4.69, 9.17) is 0 Å². The molecule has 1 atom stereocenters. The van der Waals surface area contributed by atoms with Gasteiger partial charge in [0, 0.05) is 29.4 Å². The minimum Gasteiger partial charge on any atom is -0.361 e. The maximum absolute atomic E-state index is 12.7. The van der Waals surface area contributed by atoms with Gasteiger partial charge in [0.05, 0.1) is 0 Å². The fraction of sp³-hybridized carbons (Fsp3) is 0.167. The van der Waals surface area contributed by atoms with Crippen molar-refractivity contribution in [2.24, 2.45) is 0 Å². The summed E-state index contributed by atoms with van der Waals surface area (Å²) in [6.07, 6.45) is -3.74. The van der Waals surface area contributed by atoms with Gasteiger partial charge in [0.1, 0.15) is 0 Å². The van der Waals surface area contributed by atoms with E-state index in [0.717, 1.165) is 10.9 Å². The van der Waals surface area contributed by atoms with Gasteiger partial charge in [0.2, 0.25) is 5.78 Å². The molecule has 0 radical (unpaired) electrons. The standard InChI is InChI=1S/C18H14F3NO/c19-18(20,21)17(23)10-14(12-6-2-1-3-7-12)15-11-22-16-9-5-4-8-13(15)16/h1-9,11,14,22H,10H2/t14-/m1/s1. The maximum atomic E-state index is 12.7. The van der Waals surface area contributed by atoms with E-state index in [1.54, 1.807) is 36.5 Å². The number of hydrogen-bond donors (Lipinski definition) is 1. The Morgan fingerprint density at radius 1 is 1.00 bits per heavy atom. The average molecular weight is 317 g/mol. The number of rotatable bonds is 4. The molecule has 2 nitrogen and oxygen atoms in total. The molecular formula is C18H14F3NO. The summed E-state index contributed by atoms with van der Waals surface area (Å²) in [5.41, 5.74) is 2.22. The molecule has 0 saturated heterocycles. The summed E-state index contributed by atoms with van der Waals surface area (Å²) in [6, 6.07) is 16.2. The van der Waals surface area contributed by atoms with E-state index < -0.39 is 24.3 Å². The van der Waals surface area contributed by atoms with Crippen LogP contribution in [0.15, 0.2) is 60.8 Å². The van der Waals surface area contributed by atoms with Gasteiger partial charge in [0.15, 0.2) is 0 Å². The number of carbonyl (C=O) groups is 1. The highest BCUT2D eigenvalue weighted by atomic mass is 19.4. The van der Waals surface area contributed by atoms with Gasteiger partial charge < -0.3 is 4.98 Å². The Balaban J connectivity index is 2.07. The van der Waals surface area contributed by atoms with Crippen LogP contribution in [0.2, 0.25) is 0 Å². The van der Waals surface area contributed by atoms with Gasteiger partial charge in [-0.2, -0.15) is 13.2 Å². The van der Waals surface area contributed by atoms with Crippen LogP contribution in [-0.2, 0) is 4.79 Å². The molecule has 1 heterocycles. The number of Topliss-reactive ketones (excluding diaryl/α,β-unsaturated/α-hetero) is 1. The number of nitrogens with one attached hydrogen (secondary N) is 1. The molecule has 3 aromatic rings. The second-order valence-electron chi connectivity index (χ2n) is 5.38. The lowest BCUT2D eigenvalue weighted by Crippen LogP contribution is -2.25. The Morgan fingerprint density at radius 3 is 2.35 bits per heavy atom. The molecule has 0 bridgehead atoms. The normalized spacial score (nSPS) is 13.2. The summed E-state index contributed by atoms with van der Waals surface area (Å²) < 4.78 is 38.2. The van der Waals surface area contributed by atoms with E-state index in [1.165, 1.54) is 0 Å². The van der Waals surface area contributed by atoms with Gasteiger partial charge in [-0.1, -0.05) is 48.5 Å². The second kappa shape index (κ2) is 5.91. The maximum Gasteiger partial charge on any atom is 0.450 e. The van der Waals surface area contributed by atoms with E-state index >= 15 is 0 Å². The quantitative estimate of drug-likeness (QED) is 0.735. The van der Waals surface area contributed by atoms with Crippen LogP contribution < -0.4 is 0 Å². The lowest BCUT2D eigenvalue weighted by molar-refractivity contribution is -0.171. The molecular weight excluding hydrogens is 303 g/mol. The van der Waals surface area contributed by atoms with Gasteiger partial charge in [-0.15, -0.1) is 0 Å². The summed E-state index contributed by atoms with van der Waals surface area (Å²) in [5, 5.41) is 0.830. The number of hydrogen-bond acceptors (Lipinski definition) is 1. The predicted octanol–water partition coefficient (Wildman–Crippen LogP) is 4.82. The molecule has 2 aromatic carbocycles. The summed E-state index contributed by atoms with van der Waals surface area (Å²) in [5.74, 6) is -2.35. The number of halogens is 3. The van der Waals surface area contributed by atoms with Crippen molar-refractivity contribution < 1.29 is 18.0 Å². The van der Waals surface area contributed by atoms with Crippen molar-refractivity contribution >= 4 is 16.7 Å². The Kier molecular flexibility index (Phi) is 3.94. The van der Waals surface area contributed by atoms with E-state index in [9.17, 15) is 18.0 Å². The highest BCUT2D eigenvalue weighted by Crippen LogP contribution is 2.35. The molecule has 0 aliphatic carbocycles. The van der Waals surface area contributed by atoms with Crippen molar-refractivity contribution in [1.82, 2.24) is 4.98 Å². The summed E-state index contributed by atoms with van der Waals surface area (Å²) >= 11 is 0. The number of para-hydroxylation sites is 1. The van der Waals surface area contributed by atoms with Crippen LogP contribution in [0.4, 0.5) is 13.2 Å². The van der Waals surface area contributed by atoms with Gasteiger partial charge in [-0.05, 0) is 17.2 Å². The SMILES string of the molecule is O=C(C[C@H](c1ccccc1)c1c[nH]c2ccccc12)C(F)(F)F. The molecule has 0 aliphatic heterocycles. The monoisotopic (exact) mass is 317 g/mol. The molecule has 1 aromatic heterocycles. The Morgan fingerprint density at radius 2 is 1.65 bits per heavy atom. The van der Waals surface area contributed by atoms with Crippen molar-refractivity contribution in [2.45, 2.75) is 18.5 Å². The molecule has 0 saturated carbocycles. The molecule has 0 amide bonds. The zero-order valence-corrected chi connectivity index (χ0v) is 12.1. The number of aromatic nitrogens is 1. The lowest BCUT2D eigenvalue weighted by atomic mass is 9.87. The first-order valence-electron chi connectivity index (χ1n) is 7.18. The van der Waals surface area contributed by atoms with Crippen molar-refractivity contribution in [3.8, 4) is 0 Å². The Bertz CT molecular complexity index is 821. The van der Waals surface area contributed by atoms with Gasteiger partial charge in [-0.3, -0.25) is 4.79 Å². The topological polar surface area (TPSA) is 32.9 Å². The highest BCUT2D eigenvalue weighted by Gasteiger charge is 2.40. The highest BCUT2D eigenvalue weighted by molar-refractivity contribution is 5.88. The number of alkyl halides is 3. The van der Waals surface area contributed by atoms with Crippen LogP contribution >= 0.6 is 0 Å². The van der Waals surface area contributed by atoms with Crippen LogP contribution in [0, 0.1) is 0 Å². The Hall–Kier alpha value is -2.56. The van der Waals surface area contributed by atoms with Crippen LogP contribution in [-0.4, -0.2) is 16.9 Å². The average Bonchev–Trinajstić information content (AvgIpc) is 2.96. The van der Waals surface area contributed by atoms with Crippen LogP contribution in [0.1, 0.15) is 23.5 Å². The molecule has 0 aliphatic rings. The van der Waals surface area contributed by atoms with Crippen LogP contribution in [0.5, 0.6) is 0 Å². The Labute approximate surface area is 130 Å².